The zero-order valence-corrected chi connectivity index (χ0v) is 10.9. The largest absolute Gasteiger partial charge is 0.495 e. The smallest absolute Gasteiger partial charge is 0.206 e. The second kappa shape index (κ2) is 3.90. The van der Waals surface area contributed by atoms with Crippen molar-refractivity contribution in [2.24, 2.45) is 0 Å². The Hall–Kier alpha value is -0.710. The molecule has 3 rings (SSSR count). The molecule has 0 aromatic heterocycles. The third-order valence-electron chi connectivity index (χ3n) is 3.43. The number of carbonyl (C=O) groups is 1. The van der Waals surface area contributed by atoms with Gasteiger partial charge in [-0.05, 0) is 24.1 Å². The molecule has 17 heavy (non-hydrogen) atoms. The molecule has 2 heterocycles. The predicted octanol–water partition coefficient (Wildman–Crippen LogP) is 2.18. The third-order valence-corrected chi connectivity index (χ3v) is 5.16. The summed E-state index contributed by atoms with van der Waals surface area (Å²) < 4.78 is 5.10. The van der Waals surface area contributed by atoms with Crippen LogP contribution in [-0.4, -0.2) is 24.8 Å². The molecule has 0 aliphatic carbocycles. The van der Waals surface area contributed by atoms with Crippen LogP contribution in [0.25, 0.3) is 0 Å². The van der Waals surface area contributed by atoms with Gasteiger partial charge in [-0.1, -0.05) is 29.4 Å². The number of fused-ring (bicyclic) bond motifs is 2. The summed E-state index contributed by atoms with van der Waals surface area (Å²) >= 11 is 7.46. The third kappa shape index (κ3) is 1.66. The quantitative estimate of drug-likeness (QED) is 0.893. The predicted molar refractivity (Wildman–Crippen MR) is 68.7 cm³/mol. The fraction of sp³-hybridized carbons (Fsp3) is 0.417. The molecule has 2 aliphatic heterocycles. The van der Waals surface area contributed by atoms with Crippen molar-refractivity contribution in [1.29, 1.82) is 0 Å². The molecular weight excluding hydrogens is 258 g/mol. The van der Waals surface area contributed by atoms with E-state index in [1.54, 1.807) is 7.11 Å². The van der Waals surface area contributed by atoms with Crippen LogP contribution in [0.2, 0.25) is 5.02 Å². The Bertz CT molecular complexity index is 493. The number of thioether (sulfide) groups is 1. The van der Waals surface area contributed by atoms with Gasteiger partial charge < -0.3 is 10.1 Å². The van der Waals surface area contributed by atoms with E-state index in [0.717, 1.165) is 18.5 Å². The van der Waals surface area contributed by atoms with E-state index in [2.05, 4.69) is 5.32 Å². The lowest BCUT2D eigenvalue weighted by atomic mass is 9.95. The van der Waals surface area contributed by atoms with Crippen LogP contribution in [0.5, 0.6) is 5.75 Å². The molecule has 2 aliphatic rings. The maximum absolute atomic E-state index is 11.7. The van der Waals surface area contributed by atoms with Crippen molar-refractivity contribution in [2.45, 2.75) is 17.2 Å². The Morgan fingerprint density at radius 3 is 3.00 bits per heavy atom. The lowest BCUT2D eigenvalue weighted by Crippen LogP contribution is -2.34. The van der Waals surface area contributed by atoms with Crippen molar-refractivity contribution in [3.05, 3.63) is 28.8 Å². The topological polar surface area (TPSA) is 38.3 Å². The van der Waals surface area contributed by atoms with Gasteiger partial charge in [0, 0.05) is 6.54 Å². The van der Waals surface area contributed by atoms with Gasteiger partial charge in [0.2, 0.25) is 5.12 Å². The molecule has 0 amide bonds. The molecule has 2 bridgehead atoms. The molecule has 2 saturated heterocycles. The number of carbonyl (C=O) groups excluding carboxylic acids is 1. The van der Waals surface area contributed by atoms with E-state index in [0.29, 0.717) is 10.8 Å². The molecule has 1 aromatic carbocycles. The maximum Gasteiger partial charge on any atom is 0.206 e. The summed E-state index contributed by atoms with van der Waals surface area (Å²) in [5, 5.41) is 4.10. The van der Waals surface area contributed by atoms with Crippen LogP contribution in [0.1, 0.15) is 12.0 Å². The fourth-order valence-electron chi connectivity index (χ4n) is 2.49. The Labute approximate surface area is 109 Å². The number of hydrogen-bond acceptors (Lipinski definition) is 4. The Kier molecular flexibility index (Phi) is 2.61. The Morgan fingerprint density at radius 1 is 1.59 bits per heavy atom. The average molecular weight is 270 g/mol. The minimum atomic E-state index is -0.125. The minimum absolute atomic E-state index is 0.0154. The molecule has 2 fully saturated rings. The molecule has 1 aromatic rings. The van der Waals surface area contributed by atoms with Crippen LogP contribution in [0.3, 0.4) is 0 Å². The van der Waals surface area contributed by atoms with Gasteiger partial charge in [0.1, 0.15) is 5.75 Å². The zero-order valence-electron chi connectivity index (χ0n) is 9.33. The maximum atomic E-state index is 11.7. The highest BCUT2D eigenvalue weighted by Gasteiger charge is 2.52. The van der Waals surface area contributed by atoms with Gasteiger partial charge in [0.25, 0.3) is 0 Å². The molecule has 3 nitrogen and oxygen atoms in total. The molecule has 90 valence electrons. The zero-order chi connectivity index (χ0) is 12.0. The van der Waals surface area contributed by atoms with E-state index in [9.17, 15) is 4.79 Å². The van der Waals surface area contributed by atoms with E-state index < -0.39 is 0 Å². The SMILES string of the molecule is COc1cc(C23CNC(C2)C(=O)S3)ccc1Cl. The lowest BCUT2D eigenvalue weighted by molar-refractivity contribution is -0.112. The molecule has 0 saturated carbocycles. The van der Waals surface area contributed by atoms with Crippen LogP contribution in [-0.2, 0) is 9.54 Å². The van der Waals surface area contributed by atoms with Crippen molar-refractivity contribution in [3.63, 3.8) is 0 Å². The average Bonchev–Trinajstić information content (AvgIpc) is 2.88. The van der Waals surface area contributed by atoms with Crippen molar-refractivity contribution in [2.75, 3.05) is 13.7 Å². The second-order valence-corrected chi connectivity index (χ2v) is 6.20. The van der Waals surface area contributed by atoms with E-state index in [1.807, 2.05) is 18.2 Å². The molecule has 0 spiro atoms. The van der Waals surface area contributed by atoms with E-state index in [-0.39, 0.29) is 15.9 Å². The van der Waals surface area contributed by atoms with Crippen molar-refractivity contribution in [1.82, 2.24) is 5.32 Å². The highest BCUT2D eigenvalue weighted by Crippen LogP contribution is 2.51. The summed E-state index contributed by atoms with van der Waals surface area (Å²) in [6.07, 6.45) is 0.862. The van der Waals surface area contributed by atoms with Crippen LogP contribution < -0.4 is 10.1 Å². The van der Waals surface area contributed by atoms with Gasteiger partial charge in [-0.25, -0.2) is 0 Å². The molecule has 5 heteroatoms. The molecule has 2 atom stereocenters. The van der Waals surface area contributed by atoms with Crippen molar-refractivity contribution in [3.8, 4) is 5.75 Å². The van der Waals surface area contributed by atoms with Gasteiger partial charge in [0.05, 0.1) is 22.9 Å². The summed E-state index contributed by atoms with van der Waals surface area (Å²) in [5.41, 5.74) is 1.12. The first-order valence-corrected chi connectivity index (χ1v) is 6.64. The Balaban J connectivity index is 2.02. The summed E-state index contributed by atoms with van der Waals surface area (Å²) in [4.78, 5) is 11.7. The number of ether oxygens (including phenoxy) is 1. The van der Waals surface area contributed by atoms with Gasteiger partial charge in [-0.3, -0.25) is 4.79 Å². The monoisotopic (exact) mass is 269 g/mol. The highest BCUT2D eigenvalue weighted by atomic mass is 35.5. The van der Waals surface area contributed by atoms with Gasteiger partial charge >= 0.3 is 0 Å². The fourth-order valence-corrected chi connectivity index (χ4v) is 4.03. The summed E-state index contributed by atoms with van der Waals surface area (Å²) in [5.74, 6) is 0.668. The number of nitrogens with one attached hydrogen (secondary N) is 1. The summed E-state index contributed by atoms with van der Waals surface area (Å²) in [7, 11) is 1.60. The number of halogens is 1. The standard InChI is InChI=1S/C12H12ClNO2S/c1-16-10-4-7(2-3-8(10)13)12-5-9(14-6-12)11(15)17-12/h2-4,9,14H,5-6H2,1H3. The Morgan fingerprint density at radius 2 is 2.41 bits per heavy atom. The normalized spacial score (nSPS) is 30.9. The van der Waals surface area contributed by atoms with Gasteiger partial charge in [-0.2, -0.15) is 0 Å². The summed E-state index contributed by atoms with van der Waals surface area (Å²) in [6, 6.07) is 5.78. The van der Waals surface area contributed by atoms with E-state index in [1.165, 1.54) is 11.8 Å². The molecule has 0 radical (unpaired) electrons. The van der Waals surface area contributed by atoms with Crippen LogP contribution in [0.15, 0.2) is 18.2 Å². The minimum Gasteiger partial charge on any atom is -0.495 e. The number of benzene rings is 1. The lowest BCUT2D eigenvalue weighted by Gasteiger charge is -2.25. The van der Waals surface area contributed by atoms with E-state index >= 15 is 0 Å². The molecule has 1 N–H and O–H groups in total. The summed E-state index contributed by atoms with van der Waals surface area (Å²) in [6.45, 7) is 0.832. The van der Waals surface area contributed by atoms with Gasteiger partial charge in [-0.15, -0.1) is 0 Å². The molecule has 2 unspecified atom stereocenters. The first kappa shape index (κ1) is 11.4. The van der Waals surface area contributed by atoms with Crippen LogP contribution >= 0.6 is 23.4 Å². The second-order valence-electron chi connectivity index (χ2n) is 4.40. The van der Waals surface area contributed by atoms with Crippen molar-refractivity contribution < 1.29 is 9.53 Å². The van der Waals surface area contributed by atoms with Crippen molar-refractivity contribution >= 4 is 28.5 Å². The number of rotatable bonds is 2. The number of hydrogen-bond donors (Lipinski definition) is 1. The molecular formula is C12H12ClNO2S. The first-order chi connectivity index (χ1) is 8.14. The van der Waals surface area contributed by atoms with Crippen LogP contribution in [0, 0.1) is 0 Å². The van der Waals surface area contributed by atoms with Crippen LogP contribution in [0.4, 0.5) is 0 Å². The van der Waals surface area contributed by atoms with E-state index in [4.69, 9.17) is 16.3 Å². The first-order valence-electron chi connectivity index (χ1n) is 5.45. The van der Waals surface area contributed by atoms with Gasteiger partial charge in [0.15, 0.2) is 0 Å². The number of methoxy groups -OCH3 is 1. The highest BCUT2D eigenvalue weighted by molar-refractivity contribution is 8.15.